The zero-order valence-corrected chi connectivity index (χ0v) is 28.9. The molecule has 7 aromatic carbocycles. The number of nitrogens with zero attached hydrogens (tertiary/aromatic N) is 3. The summed E-state index contributed by atoms with van der Waals surface area (Å²) in [5, 5.41) is 7.23. The summed E-state index contributed by atoms with van der Waals surface area (Å²) in [5.74, 6) is 0.681. The second kappa shape index (κ2) is 11.2. The second-order valence-corrected chi connectivity index (χ2v) is 15.1. The first-order chi connectivity index (χ1) is 25.3. The second-order valence-electron chi connectivity index (χ2n) is 13.0. The lowest BCUT2D eigenvalue weighted by Crippen LogP contribution is -2.02. The molecule has 0 bridgehead atoms. The molecule has 0 aliphatic rings. The molecule has 238 valence electrons. The minimum Gasteiger partial charge on any atom is -0.278 e. The van der Waals surface area contributed by atoms with Crippen LogP contribution in [0.1, 0.15) is 0 Å². The van der Waals surface area contributed by atoms with E-state index in [2.05, 4.69) is 168 Å². The molecule has 0 radical (unpaired) electrons. The van der Waals surface area contributed by atoms with Gasteiger partial charge in [0.05, 0.1) is 16.7 Å². The van der Waals surface area contributed by atoms with Crippen molar-refractivity contribution in [3.8, 4) is 39.5 Å². The fourth-order valence-corrected chi connectivity index (χ4v) is 9.88. The Hall–Kier alpha value is -6.14. The van der Waals surface area contributed by atoms with E-state index in [0.29, 0.717) is 5.95 Å². The van der Waals surface area contributed by atoms with Crippen molar-refractivity contribution in [1.82, 2.24) is 14.5 Å². The third-order valence-electron chi connectivity index (χ3n) is 10.0. The van der Waals surface area contributed by atoms with E-state index in [1.807, 2.05) is 11.3 Å². The van der Waals surface area contributed by atoms with E-state index in [1.165, 1.54) is 52.2 Å². The first-order valence-electron chi connectivity index (χ1n) is 17.1. The van der Waals surface area contributed by atoms with Gasteiger partial charge >= 0.3 is 0 Å². The predicted molar refractivity (Wildman–Crippen MR) is 218 cm³/mol. The van der Waals surface area contributed by atoms with E-state index in [4.69, 9.17) is 9.97 Å². The molecule has 11 aromatic rings. The smallest absolute Gasteiger partial charge is 0.236 e. The molecule has 0 aliphatic carbocycles. The van der Waals surface area contributed by atoms with Crippen LogP contribution in [0.15, 0.2) is 164 Å². The molecule has 5 heteroatoms. The number of para-hydroxylation sites is 1. The van der Waals surface area contributed by atoms with Gasteiger partial charge in [0.1, 0.15) is 4.83 Å². The first-order valence-corrected chi connectivity index (χ1v) is 18.7. The third kappa shape index (κ3) is 4.49. The number of thiophene rings is 2. The van der Waals surface area contributed by atoms with E-state index >= 15 is 0 Å². The molecule has 0 spiro atoms. The molecular formula is C46H27N3S2. The normalized spacial score (nSPS) is 11.9. The molecule has 4 heterocycles. The van der Waals surface area contributed by atoms with Crippen molar-refractivity contribution >= 4 is 85.0 Å². The van der Waals surface area contributed by atoms with E-state index in [0.717, 1.165) is 43.6 Å². The average Bonchev–Trinajstić information content (AvgIpc) is 3.86. The maximum Gasteiger partial charge on any atom is 0.236 e. The quantitative estimate of drug-likeness (QED) is 0.185. The number of hydrogen-bond acceptors (Lipinski definition) is 4. The van der Waals surface area contributed by atoms with Gasteiger partial charge in [-0.15, -0.1) is 22.7 Å². The monoisotopic (exact) mass is 685 g/mol. The Morgan fingerprint density at radius 3 is 1.69 bits per heavy atom. The van der Waals surface area contributed by atoms with Gasteiger partial charge < -0.3 is 0 Å². The summed E-state index contributed by atoms with van der Waals surface area (Å²) in [6.45, 7) is 0. The van der Waals surface area contributed by atoms with Crippen molar-refractivity contribution < 1.29 is 0 Å². The highest BCUT2D eigenvalue weighted by Gasteiger charge is 2.22. The molecular weight excluding hydrogens is 659 g/mol. The summed E-state index contributed by atoms with van der Waals surface area (Å²) in [7, 11) is 0. The van der Waals surface area contributed by atoms with Crippen LogP contribution in [-0.4, -0.2) is 14.5 Å². The van der Waals surface area contributed by atoms with Gasteiger partial charge in [0.2, 0.25) is 5.95 Å². The van der Waals surface area contributed by atoms with E-state index < -0.39 is 0 Å². The highest BCUT2D eigenvalue weighted by atomic mass is 32.1. The molecule has 0 fully saturated rings. The zero-order chi connectivity index (χ0) is 33.5. The summed E-state index contributed by atoms with van der Waals surface area (Å²) in [6.07, 6.45) is 0. The minimum absolute atomic E-state index is 0.681. The maximum atomic E-state index is 5.60. The van der Waals surface area contributed by atoms with E-state index in [1.54, 1.807) is 11.3 Å². The molecule has 0 aliphatic heterocycles. The molecule has 0 saturated heterocycles. The minimum atomic E-state index is 0.681. The predicted octanol–water partition coefficient (Wildman–Crippen LogP) is 13.3. The summed E-state index contributed by atoms with van der Waals surface area (Å²) in [5.41, 5.74) is 8.88. The Kier molecular flexibility index (Phi) is 6.29. The van der Waals surface area contributed by atoms with Crippen molar-refractivity contribution in [3.05, 3.63) is 164 Å². The first kappa shape index (κ1) is 28.7. The Morgan fingerprint density at radius 2 is 0.961 bits per heavy atom. The molecule has 0 atom stereocenters. The van der Waals surface area contributed by atoms with Crippen LogP contribution in [0.5, 0.6) is 0 Å². The fourth-order valence-electron chi connectivity index (χ4n) is 7.68. The number of benzene rings is 7. The highest BCUT2D eigenvalue weighted by Crippen LogP contribution is 2.44. The topological polar surface area (TPSA) is 30.7 Å². The van der Waals surface area contributed by atoms with Crippen molar-refractivity contribution in [2.24, 2.45) is 0 Å². The van der Waals surface area contributed by atoms with Crippen LogP contribution in [0.3, 0.4) is 0 Å². The number of fused-ring (bicyclic) bond motifs is 9. The van der Waals surface area contributed by atoms with Crippen molar-refractivity contribution in [1.29, 1.82) is 0 Å². The lowest BCUT2D eigenvalue weighted by Gasteiger charge is -2.14. The third-order valence-corrected chi connectivity index (χ3v) is 12.2. The van der Waals surface area contributed by atoms with Gasteiger partial charge in [-0.3, -0.25) is 4.57 Å². The van der Waals surface area contributed by atoms with Crippen molar-refractivity contribution in [3.63, 3.8) is 0 Å². The van der Waals surface area contributed by atoms with Gasteiger partial charge in [0, 0.05) is 52.0 Å². The number of hydrogen-bond donors (Lipinski definition) is 0. The van der Waals surface area contributed by atoms with Gasteiger partial charge in [0.15, 0.2) is 0 Å². The van der Waals surface area contributed by atoms with Crippen LogP contribution < -0.4 is 0 Å². The molecule has 0 N–H and O–H groups in total. The van der Waals surface area contributed by atoms with Gasteiger partial charge in [0.25, 0.3) is 0 Å². The molecule has 0 saturated carbocycles. The van der Waals surface area contributed by atoms with E-state index in [-0.39, 0.29) is 0 Å². The van der Waals surface area contributed by atoms with Crippen LogP contribution in [0.4, 0.5) is 0 Å². The van der Waals surface area contributed by atoms with Gasteiger partial charge in [-0.25, -0.2) is 9.97 Å². The molecule has 3 nitrogen and oxygen atoms in total. The van der Waals surface area contributed by atoms with Crippen LogP contribution in [0.2, 0.25) is 0 Å². The Labute approximate surface area is 301 Å². The van der Waals surface area contributed by atoms with Crippen molar-refractivity contribution in [2.45, 2.75) is 0 Å². The lowest BCUT2D eigenvalue weighted by molar-refractivity contribution is 1.02. The van der Waals surface area contributed by atoms with E-state index in [9.17, 15) is 0 Å². The van der Waals surface area contributed by atoms with Crippen LogP contribution in [0, 0.1) is 0 Å². The fraction of sp³-hybridized carbons (Fsp3) is 0. The van der Waals surface area contributed by atoms with Gasteiger partial charge in [-0.05, 0) is 70.8 Å². The Morgan fingerprint density at radius 1 is 0.373 bits per heavy atom. The zero-order valence-electron chi connectivity index (χ0n) is 27.2. The highest BCUT2D eigenvalue weighted by molar-refractivity contribution is 7.26. The largest absolute Gasteiger partial charge is 0.278 e. The molecule has 11 rings (SSSR count). The van der Waals surface area contributed by atoms with Crippen LogP contribution >= 0.6 is 22.7 Å². The summed E-state index contributed by atoms with van der Waals surface area (Å²) < 4.78 is 6.08. The average molecular weight is 686 g/mol. The number of aromatic nitrogens is 3. The summed E-state index contributed by atoms with van der Waals surface area (Å²) in [6, 6.07) is 58.9. The molecule has 51 heavy (non-hydrogen) atoms. The summed E-state index contributed by atoms with van der Waals surface area (Å²) in [4.78, 5) is 12.0. The molecule has 0 amide bonds. The standard InChI is InChI=1S/C46H27N3S2/c1-3-13-28(14-4-1)30-23-31(29-15-5-2-6-16-29)25-32(24-30)44-43-35-19-9-12-22-41(35)51-45(43)48-46(47-44)49-38-20-10-7-17-33(38)36-27-42-37(26-39(36)49)34-18-8-11-21-40(34)50-42/h1-27H. The van der Waals surface area contributed by atoms with Crippen molar-refractivity contribution in [2.75, 3.05) is 0 Å². The maximum absolute atomic E-state index is 5.60. The molecule has 0 unspecified atom stereocenters. The lowest BCUT2D eigenvalue weighted by atomic mass is 9.94. The SMILES string of the molecule is c1ccc(-c2cc(-c3ccccc3)cc(-c3nc(-n4c5ccccc5c5cc6sc7ccccc7c6cc54)nc4sc5ccccc5c34)c2)cc1. The van der Waals surface area contributed by atoms with Gasteiger partial charge in [-0.1, -0.05) is 115 Å². The van der Waals surface area contributed by atoms with Crippen LogP contribution in [0.25, 0.3) is 102 Å². The Balaban J connectivity index is 1.25. The Bertz CT molecular complexity index is 3080. The summed E-state index contributed by atoms with van der Waals surface area (Å²) >= 11 is 3.59. The van der Waals surface area contributed by atoms with Gasteiger partial charge in [-0.2, -0.15) is 0 Å². The molecule has 4 aromatic heterocycles. The number of rotatable bonds is 4. The van der Waals surface area contributed by atoms with Crippen LogP contribution in [-0.2, 0) is 0 Å².